The fraction of sp³-hybridized carbons (Fsp3) is 0. The van der Waals surface area contributed by atoms with Crippen molar-refractivity contribution in [3.8, 4) is 16.8 Å². The third-order valence-electron chi connectivity index (χ3n) is 11.1. The number of benzene rings is 8. The van der Waals surface area contributed by atoms with Crippen molar-refractivity contribution in [3.63, 3.8) is 0 Å². The van der Waals surface area contributed by atoms with Gasteiger partial charge in [0.2, 0.25) is 0 Å². The molecule has 4 aromatic heterocycles. The predicted molar refractivity (Wildman–Crippen MR) is 220 cm³/mol. The van der Waals surface area contributed by atoms with Crippen LogP contribution in [-0.4, -0.2) is 8.97 Å². The molecule has 0 aliphatic heterocycles. The Bertz CT molecular complexity index is 3400. The van der Waals surface area contributed by atoms with Gasteiger partial charge in [-0.15, -0.1) is 11.3 Å². The zero-order valence-corrected chi connectivity index (χ0v) is 28.3. The minimum Gasteiger partial charge on any atom is -0.309 e. The number of aromatic nitrogens is 2. The van der Waals surface area contributed by atoms with Crippen LogP contribution in [0.1, 0.15) is 0 Å². The van der Waals surface area contributed by atoms with Crippen LogP contribution in [0.15, 0.2) is 170 Å². The maximum absolute atomic E-state index is 2.60. The van der Waals surface area contributed by atoms with Gasteiger partial charge in [-0.1, -0.05) is 127 Å². The molecular weight excluding hydrogens is 637 g/mol. The SMILES string of the molecule is c1ccc(-c2ccc(-n3c4ccccc4c4c3ccc3c5cccc6c7cccc8sc9cccc(c%10ccccc%10n(c65)c34)c9c87)cc2)cc1. The van der Waals surface area contributed by atoms with Crippen LogP contribution in [0.5, 0.6) is 0 Å². The summed E-state index contributed by atoms with van der Waals surface area (Å²) in [5.74, 6) is 0. The highest BCUT2D eigenvalue weighted by Crippen LogP contribution is 2.46. The second-order valence-corrected chi connectivity index (χ2v) is 14.7. The summed E-state index contributed by atoms with van der Waals surface area (Å²) in [5, 5.41) is 12.9. The Labute approximate surface area is 296 Å². The van der Waals surface area contributed by atoms with Gasteiger partial charge in [-0.3, -0.25) is 0 Å². The van der Waals surface area contributed by atoms with Crippen LogP contribution in [0, 0.1) is 0 Å². The van der Waals surface area contributed by atoms with E-state index in [1.165, 1.54) is 102 Å². The second kappa shape index (κ2) is 10.1. The Hall–Kier alpha value is -6.42. The largest absolute Gasteiger partial charge is 0.309 e. The van der Waals surface area contributed by atoms with Gasteiger partial charge in [0.25, 0.3) is 0 Å². The summed E-state index contributed by atoms with van der Waals surface area (Å²) in [4.78, 5) is 0. The Morgan fingerprint density at radius 1 is 0.314 bits per heavy atom. The number of para-hydroxylation sites is 3. The summed E-state index contributed by atoms with van der Waals surface area (Å²) in [6, 6.07) is 62.9. The molecule has 3 heteroatoms. The highest BCUT2D eigenvalue weighted by Gasteiger charge is 2.22. The van der Waals surface area contributed by atoms with Crippen molar-refractivity contribution in [2.75, 3.05) is 0 Å². The van der Waals surface area contributed by atoms with E-state index in [-0.39, 0.29) is 0 Å². The summed E-state index contributed by atoms with van der Waals surface area (Å²) in [6.07, 6.45) is 0. The van der Waals surface area contributed by atoms with E-state index < -0.39 is 0 Å². The lowest BCUT2D eigenvalue weighted by Crippen LogP contribution is -1.94. The van der Waals surface area contributed by atoms with Gasteiger partial charge in [0.05, 0.1) is 27.6 Å². The van der Waals surface area contributed by atoms with Gasteiger partial charge in [0, 0.05) is 58.2 Å². The minimum absolute atomic E-state index is 1.16. The fourth-order valence-electron chi connectivity index (χ4n) is 8.99. The van der Waals surface area contributed by atoms with Crippen molar-refractivity contribution in [1.29, 1.82) is 0 Å². The summed E-state index contributed by atoms with van der Waals surface area (Å²) < 4.78 is 7.71. The van der Waals surface area contributed by atoms with E-state index in [0.717, 1.165) is 5.69 Å². The van der Waals surface area contributed by atoms with Crippen molar-refractivity contribution >= 4 is 102 Å². The maximum Gasteiger partial charge on any atom is 0.0641 e. The Kier molecular flexibility index (Phi) is 5.41. The van der Waals surface area contributed by atoms with E-state index in [2.05, 4.69) is 179 Å². The molecule has 0 bridgehead atoms. The standard InChI is InChI=1S/C48H28N2S/c1-2-11-29(12-3-1)30-23-25-31(26-24-30)49-40-20-7-5-14-38(40)44-41(49)28-27-37-36-18-8-17-35-34-16-10-22-43-46(34)45-33(15-9-21-42(45)51-43)32-13-4-6-19-39(32)50(47(35)36)48(37)44/h1-28H. The summed E-state index contributed by atoms with van der Waals surface area (Å²) in [7, 11) is 0. The molecule has 0 amide bonds. The molecule has 0 aliphatic rings. The van der Waals surface area contributed by atoms with E-state index in [0.29, 0.717) is 0 Å². The van der Waals surface area contributed by atoms with E-state index in [1.54, 1.807) is 0 Å². The summed E-state index contributed by atoms with van der Waals surface area (Å²) >= 11 is 1.90. The second-order valence-electron chi connectivity index (χ2n) is 13.6. The summed E-state index contributed by atoms with van der Waals surface area (Å²) in [5.41, 5.74) is 9.74. The lowest BCUT2D eigenvalue weighted by molar-refractivity contribution is 1.18. The monoisotopic (exact) mass is 664 g/mol. The molecule has 0 atom stereocenters. The van der Waals surface area contributed by atoms with Crippen molar-refractivity contribution < 1.29 is 0 Å². The van der Waals surface area contributed by atoms with Gasteiger partial charge in [-0.05, 0) is 64.4 Å². The van der Waals surface area contributed by atoms with Gasteiger partial charge in [-0.2, -0.15) is 0 Å². The van der Waals surface area contributed by atoms with Crippen LogP contribution in [0.25, 0.3) is 108 Å². The molecule has 8 aromatic carbocycles. The zero-order chi connectivity index (χ0) is 33.2. The topological polar surface area (TPSA) is 9.34 Å². The lowest BCUT2D eigenvalue weighted by Gasteiger charge is -2.10. The first kappa shape index (κ1) is 27.4. The normalized spacial score (nSPS) is 12.3. The molecule has 0 N–H and O–H groups in total. The Morgan fingerprint density at radius 2 is 0.863 bits per heavy atom. The average Bonchev–Trinajstić information content (AvgIpc) is 3.86. The molecule has 12 aromatic rings. The zero-order valence-electron chi connectivity index (χ0n) is 27.5. The van der Waals surface area contributed by atoms with Crippen LogP contribution in [0.3, 0.4) is 0 Å². The molecule has 0 saturated heterocycles. The molecule has 0 fully saturated rings. The average molecular weight is 665 g/mol. The van der Waals surface area contributed by atoms with Crippen molar-refractivity contribution in [1.82, 2.24) is 8.97 Å². The van der Waals surface area contributed by atoms with E-state index in [9.17, 15) is 0 Å². The van der Waals surface area contributed by atoms with Crippen LogP contribution in [0.4, 0.5) is 0 Å². The summed E-state index contributed by atoms with van der Waals surface area (Å²) in [6.45, 7) is 0. The third-order valence-corrected chi connectivity index (χ3v) is 12.2. The fourth-order valence-corrected chi connectivity index (χ4v) is 10.1. The molecule has 0 saturated carbocycles. The van der Waals surface area contributed by atoms with Crippen molar-refractivity contribution in [2.24, 2.45) is 0 Å². The lowest BCUT2D eigenvalue weighted by atomic mass is 10.0. The van der Waals surface area contributed by atoms with Crippen LogP contribution < -0.4 is 0 Å². The van der Waals surface area contributed by atoms with Crippen LogP contribution >= 0.6 is 11.3 Å². The molecule has 0 spiro atoms. The number of thiophene rings is 1. The first-order valence-electron chi connectivity index (χ1n) is 17.5. The quantitative estimate of drug-likeness (QED) is 0.174. The minimum atomic E-state index is 1.16. The van der Waals surface area contributed by atoms with Gasteiger partial charge in [0.1, 0.15) is 0 Å². The number of hydrogen-bond acceptors (Lipinski definition) is 1. The van der Waals surface area contributed by atoms with E-state index >= 15 is 0 Å². The first-order chi connectivity index (χ1) is 25.3. The smallest absolute Gasteiger partial charge is 0.0641 e. The van der Waals surface area contributed by atoms with Gasteiger partial charge >= 0.3 is 0 Å². The molecule has 0 radical (unpaired) electrons. The molecule has 0 aliphatic carbocycles. The van der Waals surface area contributed by atoms with Gasteiger partial charge in [0.15, 0.2) is 0 Å². The van der Waals surface area contributed by atoms with E-state index in [4.69, 9.17) is 0 Å². The highest BCUT2D eigenvalue weighted by atomic mass is 32.1. The Morgan fingerprint density at radius 3 is 1.63 bits per heavy atom. The molecule has 2 nitrogen and oxygen atoms in total. The molecule has 51 heavy (non-hydrogen) atoms. The Balaban J connectivity index is 1.33. The van der Waals surface area contributed by atoms with Gasteiger partial charge < -0.3 is 8.97 Å². The molecule has 12 rings (SSSR count). The first-order valence-corrected chi connectivity index (χ1v) is 18.3. The maximum atomic E-state index is 2.60. The third kappa shape index (κ3) is 3.60. The molecule has 0 unspecified atom stereocenters. The van der Waals surface area contributed by atoms with Crippen LogP contribution in [0.2, 0.25) is 0 Å². The number of hydrogen-bond donors (Lipinski definition) is 0. The number of rotatable bonds is 2. The van der Waals surface area contributed by atoms with Crippen molar-refractivity contribution in [2.45, 2.75) is 0 Å². The molecule has 4 heterocycles. The van der Waals surface area contributed by atoms with E-state index in [1.807, 2.05) is 11.3 Å². The number of nitrogens with zero attached hydrogens (tertiary/aromatic N) is 2. The van der Waals surface area contributed by atoms with Gasteiger partial charge in [-0.25, -0.2) is 0 Å². The highest BCUT2D eigenvalue weighted by molar-refractivity contribution is 7.26. The van der Waals surface area contributed by atoms with Crippen molar-refractivity contribution in [3.05, 3.63) is 170 Å². The molecule has 236 valence electrons. The number of fused-ring (bicyclic) bond motifs is 11. The predicted octanol–water partition coefficient (Wildman–Crippen LogP) is 13.7. The van der Waals surface area contributed by atoms with Crippen LogP contribution in [-0.2, 0) is 0 Å². The molecular formula is C48H28N2S.